The zero-order valence-corrected chi connectivity index (χ0v) is 7.90. The van der Waals surface area contributed by atoms with Crippen molar-refractivity contribution in [1.82, 2.24) is 10.3 Å². The molecule has 1 aliphatic heterocycles. The van der Waals surface area contributed by atoms with E-state index in [0.29, 0.717) is 5.56 Å². The molecule has 1 aromatic rings. The van der Waals surface area contributed by atoms with Gasteiger partial charge in [0.15, 0.2) is 0 Å². The first-order valence-electron chi connectivity index (χ1n) is 4.72. The number of hydrogen-bond donors (Lipinski definition) is 1. The summed E-state index contributed by atoms with van der Waals surface area (Å²) in [4.78, 5) is 6.45. The molecule has 0 bridgehead atoms. The first-order chi connectivity index (χ1) is 6.90. The number of pyridine rings is 1. The summed E-state index contributed by atoms with van der Waals surface area (Å²) in [6, 6.07) is 5.69. The summed E-state index contributed by atoms with van der Waals surface area (Å²) in [5, 5.41) is 12.0. The van der Waals surface area contributed by atoms with Gasteiger partial charge < -0.3 is 10.2 Å². The van der Waals surface area contributed by atoms with Gasteiger partial charge in [-0.1, -0.05) is 0 Å². The van der Waals surface area contributed by atoms with Crippen LogP contribution in [0.5, 0.6) is 0 Å². The fourth-order valence-electron chi connectivity index (χ4n) is 1.55. The lowest BCUT2D eigenvalue weighted by molar-refractivity contribution is 0.585. The Bertz CT molecular complexity index is 349. The number of rotatable bonds is 1. The van der Waals surface area contributed by atoms with Gasteiger partial charge in [-0.25, -0.2) is 4.98 Å². The average molecular weight is 188 g/mol. The van der Waals surface area contributed by atoms with E-state index >= 15 is 0 Å². The van der Waals surface area contributed by atoms with E-state index < -0.39 is 0 Å². The third-order valence-electron chi connectivity index (χ3n) is 2.32. The molecule has 0 aromatic carbocycles. The van der Waals surface area contributed by atoms with Crippen molar-refractivity contribution in [3.8, 4) is 6.07 Å². The standard InChI is InChI=1S/C10H12N4/c11-8-9-1-2-13-10(7-9)14-5-3-12-4-6-14/h1-2,7,12H,3-6H2. The highest BCUT2D eigenvalue weighted by molar-refractivity contribution is 5.45. The largest absolute Gasteiger partial charge is 0.354 e. The molecule has 0 unspecified atom stereocenters. The summed E-state index contributed by atoms with van der Waals surface area (Å²) in [5.74, 6) is 0.908. The third-order valence-corrected chi connectivity index (χ3v) is 2.32. The average Bonchev–Trinajstić information content (AvgIpc) is 2.30. The Hall–Kier alpha value is -1.60. The van der Waals surface area contributed by atoms with Crippen LogP contribution in [0.25, 0.3) is 0 Å². The molecule has 0 atom stereocenters. The van der Waals surface area contributed by atoms with E-state index in [0.717, 1.165) is 32.0 Å². The Labute approximate surface area is 83.2 Å². The van der Waals surface area contributed by atoms with Gasteiger partial charge in [-0.15, -0.1) is 0 Å². The normalized spacial score (nSPS) is 16.4. The summed E-state index contributed by atoms with van der Waals surface area (Å²) in [6.07, 6.45) is 1.69. The van der Waals surface area contributed by atoms with Gasteiger partial charge >= 0.3 is 0 Å². The van der Waals surface area contributed by atoms with Crippen LogP contribution in [0.4, 0.5) is 5.82 Å². The molecule has 1 saturated heterocycles. The summed E-state index contributed by atoms with van der Waals surface area (Å²) in [6.45, 7) is 3.89. The van der Waals surface area contributed by atoms with Gasteiger partial charge in [-0.05, 0) is 12.1 Å². The summed E-state index contributed by atoms with van der Waals surface area (Å²) in [7, 11) is 0. The molecule has 0 aliphatic carbocycles. The molecule has 1 aliphatic rings. The molecule has 2 rings (SSSR count). The van der Waals surface area contributed by atoms with Gasteiger partial charge in [0.05, 0.1) is 11.6 Å². The van der Waals surface area contributed by atoms with E-state index in [2.05, 4.69) is 21.3 Å². The van der Waals surface area contributed by atoms with Crippen molar-refractivity contribution in [3.05, 3.63) is 23.9 Å². The number of piperazine rings is 1. The molecule has 0 radical (unpaired) electrons. The fraction of sp³-hybridized carbons (Fsp3) is 0.400. The van der Waals surface area contributed by atoms with Crippen molar-refractivity contribution >= 4 is 5.82 Å². The quantitative estimate of drug-likeness (QED) is 0.691. The molecule has 14 heavy (non-hydrogen) atoms. The molecule has 72 valence electrons. The van der Waals surface area contributed by atoms with Crippen LogP contribution in [0.1, 0.15) is 5.56 Å². The number of nitriles is 1. The maximum Gasteiger partial charge on any atom is 0.129 e. The van der Waals surface area contributed by atoms with Crippen molar-refractivity contribution in [2.75, 3.05) is 31.1 Å². The minimum absolute atomic E-state index is 0.675. The lowest BCUT2D eigenvalue weighted by Crippen LogP contribution is -2.43. The van der Waals surface area contributed by atoms with Gasteiger partial charge in [-0.3, -0.25) is 0 Å². The second-order valence-electron chi connectivity index (χ2n) is 3.25. The first kappa shape index (κ1) is 8.97. The smallest absolute Gasteiger partial charge is 0.129 e. The van der Waals surface area contributed by atoms with Crippen LogP contribution in [0.15, 0.2) is 18.3 Å². The number of aromatic nitrogens is 1. The number of nitrogens with zero attached hydrogens (tertiary/aromatic N) is 3. The summed E-state index contributed by atoms with van der Waals surface area (Å²) >= 11 is 0. The monoisotopic (exact) mass is 188 g/mol. The molecule has 4 heteroatoms. The topological polar surface area (TPSA) is 52.0 Å². The molecule has 4 nitrogen and oxygen atoms in total. The maximum absolute atomic E-state index is 8.75. The van der Waals surface area contributed by atoms with E-state index in [1.807, 2.05) is 6.07 Å². The van der Waals surface area contributed by atoms with Crippen LogP contribution in [0.3, 0.4) is 0 Å². The zero-order chi connectivity index (χ0) is 9.80. The third kappa shape index (κ3) is 1.83. The van der Waals surface area contributed by atoms with Crippen LogP contribution in [0.2, 0.25) is 0 Å². The van der Waals surface area contributed by atoms with Gasteiger partial charge in [-0.2, -0.15) is 5.26 Å². The van der Waals surface area contributed by atoms with Crippen LogP contribution >= 0.6 is 0 Å². The van der Waals surface area contributed by atoms with Gasteiger partial charge in [0, 0.05) is 32.4 Å². The maximum atomic E-state index is 8.75. The molecular formula is C10H12N4. The minimum atomic E-state index is 0.675. The fourth-order valence-corrected chi connectivity index (χ4v) is 1.55. The number of nitrogens with one attached hydrogen (secondary N) is 1. The molecule has 1 fully saturated rings. The van der Waals surface area contributed by atoms with E-state index in [9.17, 15) is 0 Å². The van der Waals surface area contributed by atoms with E-state index in [-0.39, 0.29) is 0 Å². The Kier molecular flexibility index (Phi) is 2.61. The Balaban J connectivity index is 2.18. The van der Waals surface area contributed by atoms with Gasteiger partial charge in [0.2, 0.25) is 0 Å². The van der Waals surface area contributed by atoms with E-state index in [1.54, 1.807) is 12.3 Å². The van der Waals surface area contributed by atoms with Crippen molar-refractivity contribution in [3.63, 3.8) is 0 Å². The molecular weight excluding hydrogens is 176 g/mol. The molecule has 1 aromatic heterocycles. The SMILES string of the molecule is N#Cc1ccnc(N2CCNCC2)c1. The van der Waals surface area contributed by atoms with Crippen molar-refractivity contribution in [2.24, 2.45) is 0 Å². The predicted molar refractivity (Wildman–Crippen MR) is 54.0 cm³/mol. The Morgan fingerprint density at radius 2 is 2.21 bits per heavy atom. The number of anilines is 1. The Morgan fingerprint density at radius 1 is 1.43 bits per heavy atom. The number of hydrogen-bond acceptors (Lipinski definition) is 4. The van der Waals surface area contributed by atoms with Gasteiger partial charge in [0.1, 0.15) is 5.82 Å². The molecule has 1 N–H and O–H groups in total. The lowest BCUT2D eigenvalue weighted by atomic mass is 10.2. The lowest BCUT2D eigenvalue weighted by Gasteiger charge is -2.28. The van der Waals surface area contributed by atoms with Crippen molar-refractivity contribution in [2.45, 2.75) is 0 Å². The summed E-state index contributed by atoms with van der Waals surface area (Å²) < 4.78 is 0. The van der Waals surface area contributed by atoms with E-state index in [4.69, 9.17) is 5.26 Å². The van der Waals surface area contributed by atoms with Crippen molar-refractivity contribution in [1.29, 1.82) is 5.26 Å². The molecule has 2 heterocycles. The van der Waals surface area contributed by atoms with Crippen LogP contribution in [-0.4, -0.2) is 31.2 Å². The van der Waals surface area contributed by atoms with Crippen molar-refractivity contribution < 1.29 is 0 Å². The zero-order valence-electron chi connectivity index (χ0n) is 7.90. The van der Waals surface area contributed by atoms with Gasteiger partial charge in [0.25, 0.3) is 0 Å². The Morgan fingerprint density at radius 3 is 2.93 bits per heavy atom. The van der Waals surface area contributed by atoms with Crippen LogP contribution in [-0.2, 0) is 0 Å². The van der Waals surface area contributed by atoms with Crippen LogP contribution in [0, 0.1) is 11.3 Å². The van der Waals surface area contributed by atoms with E-state index in [1.165, 1.54) is 0 Å². The minimum Gasteiger partial charge on any atom is -0.354 e. The highest BCUT2D eigenvalue weighted by Crippen LogP contribution is 2.12. The highest BCUT2D eigenvalue weighted by atomic mass is 15.2. The molecule has 0 saturated carbocycles. The summed E-state index contributed by atoms with van der Waals surface area (Å²) in [5.41, 5.74) is 0.675. The first-order valence-corrected chi connectivity index (χ1v) is 4.72. The molecule has 0 spiro atoms. The predicted octanol–water partition coefficient (Wildman–Crippen LogP) is 0.363. The second-order valence-corrected chi connectivity index (χ2v) is 3.25. The molecule has 0 amide bonds. The second kappa shape index (κ2) is 4.07. The highest BCUT2D eigenvalue weighted by Gasteiger charge is 2.11. The van der Waals surface area contributed by atoms with Crippen LogP contribution < -0.4 is 10.2 Å².